The van der Waals surface area contributed by atoms with Crippen LogP contribution in [0.25, 0.3) is 0 Å². The van der Waals surface area contributed by atoms with Crippen molar-refractivity contribution in [2.45, 2.75) is 18.5 Å². The van der Waals surface area contributed by atoms with Crippen molar-refractivity contribution in [3.63, 3.8) is 0 Å². The maximum absolute atomic E-state index is 12.4. The van der Waals surface area contributed by atoms with Crippen molar-refractivity contribution in [3.8, 4) is 0 Å². The van der Waals surface area contributed by atoms with Gasteiger partial charge in [0.05, 0.1) is 6.42 Å². The highest BCUT2D eigenvalue weighted by Gasteiger charge is 2.37. The lowest BCUT2D eigenvalue weighted by atomic mass is 10.1. The molecule has 1 aliphatic heterocycles. The summed E-state index contributed by atoms with van der Waals surface area (Å²) in [6, 6.07) is 1.66. The number of amides is 2. The van der Waals surface area contributed by atoms with E-state index in [1.54, 1.807) is 17.5 Å². The van der Waals surface area contributed by atoms with Gasteiger partial charge in [-0.3, -0.25) is 14.4 Å². The molecule has 0 radical (unpaired) electrons. The van der Waals surface area contributed by atoms with Crippen molar-refractivity contribution in [1.29, 1.82) is 0 Å². The molecule has 7 nitrogen and oxygen atoms in total. The van der Waals surface area contributed by atoms with Gasteiger partial charge in [0.2, 0.25) is 11.8 Å². The van der Waals surface area contributed by atoms with Gasteiger partial charge in [-0.15, -0.1) is 11.3 Å². The van der Waals surface area contributed by atoms with E-state index in [9.17, 15) is 14.4 Å². The van der Waals surface area contributed by atoms with E-state index in [-0.39, 0.29) is 6.54 Å². The highest BCUT2D eigenvalue weighted by atomic mass is 32.1. The molecule has 2 amide bonds. The number of carboxylic acid groups (broad SMARTS) is 1. The van der Waals surface area contributed by atoms with E-state index in [1.165, 1.54) is 16.2 Å². The fourth-order valence-corrected chi connectivity index (χ4v) is 2.83. The predicted molar refractivity (Wildman–Crippen MR) is 72.0 cm³/mol. The van der Waals surface area contributed by atoms with Gasteiger partial charge in [-0.05, 0) is 11.4 Å². The number of carbonyl (C=O) groups excluding carboxylic acids is 2. The molecule has 0 bridgehead atoms. The molecule has 2 atom stereocenters. The first kappa shape index (κ1) is 14.5. The van der Waals surface area contributed by atoms with E-state index < -0.39 is 36.3 Å². The minimum absolute atomic E-state index is 0.265. The van der Waals surface area contributed by atoms with Crippen molar-refractivity contribution in [2.75, 3.05) is 13.1 Å². The average Bonchev–Trinajstić information content (AvgIpc) is 2.93. The SMILES string of the molecule is NC(C(=O)N1CCNC(=O)C1CC(=O)O)c1cccs1. The smallest absolute Gasteiger partial charge is 0.305 e. The summed E-state index contributed by atoms with van der Waals surface area (Å²) in [5.74, 6) is -2.01. The third-order valence-corrected chi connectivity index (χ3v) is 4.05. The molecule has 2 heterocycles. The van der Waals surface area contributed by atoms with Crippen LogP contribution in [0.4, 0.5) is 0 Å². The number of aliphatic carboxylic acids is 1. The Hall–Kier alpha value is -1.93. The van der Waals surface area contributed by atoms with Gasteiger partial charge in [-0.1, -0.05) is 6.07 Å². The minimum Gasteiger partial charge on any atom is -0.481 e. The molecule has 1 saturated heterocycles. The van der Waals surface area contributed by atoms with Crippen LogP contribution < -0.4 is 11.1 Å². The van der Waals surface area contributed by atoms with Crippen LogP contribution in [0.15, 0.2) is 17.5 Å². The average molecular weight is 297 g/mol. The van der Waals surface area contributed by atoms with Crippen LogP contribution in [0, 0.1) is 0 Å². The highest BCUT2D eigenvalue weighted by Crippen LogP contribution is 2.21. The van der Waals surface area contributed by atoms with Crippen LogP contribution in [0.3, 0.4) is 0 Å². The van der Waals surface area contributed by atoms with Gasteiger partial charge in [0, 0.05) is 18.0 Å². The molecule has 108 valence electrons. The standard InChI is InChI=1S/C12H15N3O4S/c13-10(8-2-1-5-20-8)12(19)15-4-3-14-11(18)7(15)6-9(16)17/h1-2,5,7,10H,3-4,6,13H2,(H,14,18)(H,16,17). The van der Waals surface area contributed by atoms with Crippen molar-refractivity contribution >= 4 is 29.1 Å². The second kappa shape index (κ2) is 6.02. The van der Waals surface area contributed by atoms with E-state index in [4.69, 9.17) is 10.8 Å². The molecule has 1 fully saturated rings. The van der Waals surface area contributed by atoms with E-state index in [2.05, 4.69) is 5.32 Å². The first-order valence-corrected chi connectivity index (χ1v) is 6.97. The lowest BCUT2D eigenvalue weighted by Crippen LogP contribution is -2.59. The number of rotatable bonds is 4. The Labute approximate surface area is 119 Å². The minimum atomic E-state index is -1.13. The normalized spacial score (nSPS) is 20.4. The number of nitrogens with two attached hydrogens (primary N) is 1. The summed E-state index contributed by atoms with van der Waals surface area (Å²) in [6.07, 6.45) is -0.422. The van der Waals surface area contributed by atoms with Gasteiger partial charge in [0.1, 0.15) is 12.1 Å². The molecule has 20 heavy (non-hydrogen) atoms. The molecule has 4 N–H and O–H groups in total. The first-order valence-electron chi connectivity index (χ1n) is 6.09. The van der Waals surface area contributed by atoms with E-state index in [0.29, 0.717) is 11.4 Å². The Balaban J connectivity index is 2.17. The quantitative estimate of drug-likeness (QED) is 0.696. The molecule has 8 heteroatoms. The summed E-state index contributed by atoms with van der Waals surface area (Å²) in [5, 5.41) is 13.2. The molecular formula is C12H15N3O4S. The fraction of sp³-hybridized carbons (Fsp3) is 0.417. The maximum atomic E-state index is 12.4. The van der Waals surface area contributed by atoms with Crippen molar-refractivity contribution < 1.29 is 19.5 Å². The van der Waals surface area contributed by atoms with E-state index >= 15 is 0 Å². The zero-order valence-electron chi connectivity index (χ0n) is 10.6. The van der Waals surface area contributed by atoms with Crippen molar-refractivity contribution in [3.05, 3.63) is 22.4 Å². The van der Waals surface area contributed by atoms with Crippen LogP contribution in [0.2, 0.25) is 0 Å². The molecular weight excluding hydrogens is 282 g/mol. The number of carbonyl (C=O) groups is 3. The third kappa shape index (κ3) is 2.97. The zero-order valence-corrected chi connectivity index (χ0v) is 11.4. The van der Waals surface area contributed by atoms with Crippen LogP contribution in [-0.4, -0.2) is 46.9 Å². The number of piperazine rings is 1. The maximum Gasteiger partial charge on any atom is 0.305 e. The topological polar surface area (TPSA) is 113 Å². The molecule has 1 aromatic heterocycles. The zero-order chi connectivity index (χ0) is 14.7. The molecule has 1 aromatic rings. The Morgan fingerprint density at radius 3 is 2.95 bits per heavy atom. The summed E-state index contributed by atoms with van der Waals surface area (Å²) in [4.78, 5) is 36.9. The summed E-state index contributed by atoms with van der Waals surface area (Å²) < 4.78 is 0. The van der Waals surface area contributed by atoms with Gasteiger partial charge in [0.15, 0.2) is 0 Å². The van der Waals surface area contributed by atoms with Crippen LogP contribution in [-0.2, 0) is 14.4 Å². The number of carboxylic acids is 1. The lowest BCUT2D eigenvalue weighted by molar-refractivity contribution is -0.149. The number of thiophene rings is 1. The molecule has 0 saturated carbocycles. The molecule has 2 rings (SSSR count). The third-order valence-electron chi connectivity index (χ3n) is 3.10. The Bertz CT molecular complexity index is 517. The molecule has 0 aromatic carbocycles. The van der Waals surface area contributed by atoms with Crippen LogP contribution >= 0.6 is 11.3 Å². The lowest BCUT2D eigenvalue weighted by Gasteiger charge is -2.35. The van der Waals surface area contributed by atoms with E-state index in [1.807, 2.05) is 0 Å². The monoisotopic (exact) mass is 297 g/mol. The number of hydrogen-bond acceptors (Lipinski definition) is 5. The van der Waals surface area contributed by atoms with Gasteiger partial charge in [-0.2, -0.15) is 0 Å². The van der Waals surface area contributed by atoms with Crippen LogP contribution in [0.1, 0.15) is 17.3 Å². The summed E-state index contributed by atoms with van der Waals surface area (Å²) in [5.41, 5.74) is 5.89. The number of hydrogen-bond donors (Lipinski definition) is 3. The van der Waals surface area contributed by atoms with E-state index in [0.717, 1.165) is 0 Å². The van der Waals surface area contributed by atoms with Crippen LogP contribution in [0.5, 0.6) is 0 Å². The highest BCUT2D eigenvalue weighted by molar-refractivity contribution is 7.10. The Morgan fingerprint density at radius 2 is 2.35 bits per heavy atom. The van der Waals surface area contributed by atoms with Crippen molar-refractivity contribution in [2.24, 2.45) is 5.73 Å². The fourth-order valence-electron chi connectivity index (χ4n) is 2.12. The van der Waals surface area contributed by atoms with Gasteiger partial charge in [0.25, 0.3) is 0 Å². The summed E-state index contributed by atoms with van der Waals surface area (Å²) >= 11 is 1.35. The molecule has 1 aliphatic rings. The Morgan fingerprint density at radius 1 is 1.60 bits per heavy atom. The second-order valence-corrected chi connectivity index (χ2v) is 5.41. The molecule has 0 spiro atoms. The van der Waals surface area contributed by atoms with Gasteiger partial charge < -0.3 is 21.1 Å². The predicted octanol–water partition coefficient (Wildman–Crippen LogP) is -0.450. The Kier molecular flexibility index (Phi) is 4.35. The van der Waals surface area contributed by atoms with Crippen molar-refractivity contribution in [1.82, 2.24) is 10.2 Å². The largest absolute Gasteiger partial charge is 0.481 e. The number of nitrogens with zero attached hydrogens (tertiary/aromatic N) is 1. The van der Waals surface area contributed by atoms with Gasteiger partial charge >= 0.3 is 5.97 Å². The van der Waals surface area contributed by atoms with Gasteiger partial charge in [-0.25, -0.2) is 0 Å². The number of nitrogens with one attached hydrogen (secondary N) is 1. The molecule has 2 unspecified atom stereocenters. The summed E-state index contributed by atoms with van der Waals surface area (Å²) in [7, 11) is 0. The summed E-state index contributed by atoms with van der Waals surface area (Å²) in [6.45, 7) is 0.569. The first-order chi connectivity index (χ1) is 9.50. The molecule has 0 aliphatic carbocycles. The second-order valence-electron chi connectivity index (χ2n) is 4.43.